The van der Waals surface area contributed by atoms with Gasteiger partial charge in [0.25, 0.3) is 5.91 Å². The maximum atomic E-state index is 12.9. The quantitative estimate of drug-likeness (QED) is 0.899. The minimum absolute atomic E-state index is 0.103. The van der Waals surface area contributed by atoms with Crippen LogP contribution in [0.15, 0.2) is 54.6 Å². The van der Waals surface area contributed by atoms with Crippen LogP contribution in [-0.4, -0.2) is 43.0 Å². The van der Waals surface area contributed by atoms with E-state index >= 15 is 0 Å². The monoisotopic (exact) mass is 340 g/mol. The third-order valence-corrected chi connectivity index (χ3v) is 4.04. The fraction of sp³-hybridized carbons (Fsp3) is 0.263. The topological polar surface area (TPSA) is 81.9 Å². The van der Waals surface area contributed by atoms with Gasteiger partial charge >= 0.3 is 0 Å². The van der Waals surface area contributed by atoms with Crippen molar-refractivity contribution in [2.45, 2.75) is 6.10 Å². The summed E-state index contributed by atoms with van der Waals surface area (Å²) in [6.45, 7) is 2.15. The second kappa shape index (κ2) is 7.81. The summed E-state index contributed by atoms with van der Waals surface area (Å²) < 4.78 is 11.3. The summed E-state index contributed by atoms with van der Waals surface area (Å²) in [7, 11) is 0. The molecule has 3 rings (SSSR count). The zero-order valence-electron chi connectivity index (χ0n) is 13.8. The number of carbonyl (C=O) groups excluding carboxylic acids is 2. The molecule has 0 saturated carbocycles. The summed E-state index contributed by atoms with van der Waals surface area (Å²) >= 11 is 0. The molecule has 0 radical (unpaired) electrons. The normalized spacial score (nSPS) is 15.4. The van der Waals surface area contributed by atoms with Crippen LogP contribution in [0.3, 0.4) is 0 Å². The molecule has 1 saturated heterocycles. The van der Waals surface area contributed by atoms with Gasteiger partial charge in [0.15, 0.2) is 0 Å². The molecular weight excluding hydrogens is 320 g/mol. The Morgan fingerprint density at radius 3 is 2.24 bits per heavy atom. The van der Waals surface area contributed by atoms with Crippen molar-refractivity contribution in [3.63, 3.8) is 0 Å². The fourth-order valence-corrected chi connectivity index (χ4v) is 2.67. The summed E-state index contributed by atoms with van der Waals surface area (Å²) in [6, 6.07) is 15.8. The molecule has 0 bridgehead atoms. The molecule has 0 aliphatic carbocycles. The van der Waals surface area contributed by atoms with Crippen molar-refractivity contribution < 1.29 is 19.1 Å². The smallest absolute Gasteiger partial charge is 0.268 e. The lowest BCUT2D eigenvalue weighted by molar-refractivity contribution is -0.143. The lowest BCUT2D eigenvalue weighted by Gasteiger charge is -2.30. The van der Waals surface area contributed by atoms with Crippen molar-refractivity contribution in [1.29, 1.82) is 0 Å². The lowest BCUT2D eigenvalue weighted by atomic mass is 10.1. The fourth-order valence-electron chi connectivity index (χ4n) is 2.67. The Labute approximate surface area is 146 Å². The number of hydrogen-bond acceptors (Lipinski definition) is 4. The Morgan fingerprint density at radius 2 is 1.64 bits per heavy atom. The predicted octanol–water partition coefficient (Wildman–Crippen LogP) is 1.76. The number of carbonyl (C=O) groups is 2. The molecule has 6 heteroatoms. The molecule has 1 fully saturated rings. The molecule has 2 aromatic rings. The van der Waals surface area contributed by atoms with E-state index in [1.807, 2.05) is 30.3 Å². The highest BCUT2D eigenvalue weighted by atomic mass is 16.5. The largest absolute Gasteiger partial charge is 0.476 e. The van der Waals surface area contributed by atoms with Gasteiger partial charge in [0.1, 0.15) is 5.75 Å². The molecule has 1 aliphatic rings. The molecule has 1 aliphatic heterocycles. The SMILES string of the molecule is NC(=O)c1ccc(O[C@@H](C(=O)N2CCOCC2)c2ccccc2)cc1. The minimum Gasteiger partial charge on any atom is -0.476 e. The van der Waals surface area contributed by atoms with E-state index in [1.54, 1.807) is 29.2 Å². The second-order valence-electron chi connectivity index (χ2n) is 5.73. The summed E-state index contributed by atoms with van der Waals surface area (Å²) in [4.78, 5) is 25.9. The Bertz CT molecular complexity index is 725. The zero-order valence-corrected chi connectivity index (χ0v) is 13.8. The Hall–Kier alpha value is -2.86. The molecule has 0 aromatic heterocycles. The van der Waals surface area contributed by atoms with Gasteiger partial charge in [-0.3, -0.25) is 9.59 Å². The van der Waals surface area contributed by atoms with Gasteiger partial charge in [-0.2, -0.15) is 0 Å². The van der Waals surface area contributed by atoms with Crippen LogP contribution < -0.4 is 10.5 Å². The van der Waals surface area contributed by atoms with Gasteiger partial charge in [0.05, 0.1) is 13.2 Å². The minimum atomic E-state index is -0.751. The van der Waals surface area contributed by atoms with Gasteiger partial charge < -0.3 is 20.1 Å². The molecule has 0 spiro atoms. The van der Waals surface area contributed by atoms with Crippen molar-refractivity contribution in [3.8, 4) is 5.75 Å². The molecule has 130 valence electrons. The van der Waals surface area contributed by atoms with E-state index in [2.05, 4.69) is 0 Å². The number of nitrogens with zero attached hydrogens (tertiary/aromatic N) is 1. The number of benzene rings is 2. The lowest BCUT2D eigenvalue weighted by Crippen LogP contribution is -2.44. The van der Waals surface area contributed by atoms with E-state index < -0.39 is 12.0 Å². The van der Waals surface area contributed by atoms with Gasteiger partial charge in [0.2, 0.25) is 12.0 Å². The van der Waals surface area contributed by atoms with Crippen LogP contribution in [0.2, 0.25) is 0 Å². The number of nitrogens with two attached hydrogens (primary N) is 1. The zero-order chi connectivity index (χ0) is 17.6. The van der Waals surface area contributed by atoms with E-state index in [9.17, 15) is 9.59 Å². The predicted molar refractivity (Wildman–Crippen MR) is 92.2 cm³/mol. The summed E-state index contributed by atoms with van der Waals surface area (Å²) in [6.07, 6.45) is -0.751. The number of primary amides is 1. The molecular formula is C19H20N2O4. The van der Waals surface area contributed by atoms with E-state index in [0.29, 0.717) is 37.6 Å². The first kappa shape index (κ1) is 17.0. The van der Waals surface area contributed by atoms with Crippen molar-refractivity contribution in [2.75, 3.05) is 26.3 Å². The van der Waals surface area contributed by atoms with E-state index in [0.717, 1.165) is 5.56 Å². The molecule has 2 aromatic carbocycles. The van der Waals surface area contributed by atoms with Gasteiger partial charge in [-0.25, -0.2) is 0 Å². The molecule has 2 amide bonds. The maximum Gasteiger partial charge on any atom is 0.268 e. The van der Waals surface area contributed by atoms with E-state index in [4.69, 9.17) is 15.2 Å². The molecule has 2 N–H and O–H groups in total. The second-order valence-corrected chi connectivity index (χ2v) is 5.73. The van der Waals surface area contributed by atoms with Crippen LogP contribution in [0, 0.1) is 0 Å². The third-order valence-electron chi connectivity index (χ3n) is 4.04. The van der Waals surface area contributed by atoms with Crippen LogP contribution in [0.25, 0.3) is 0 Å². The van der Waals surface area contributed by atoms with Gasteiger partial charge in [-0.15, -0.1) is 0 Å². The Morgan fingerprint density at radius 1 is 1.00 bits per heavy atom. The number of morpholine rings is 1. The molecule has 1 atom stereocenters. The Balaban J connectivity index is 1.83. The molecule has 25 heavy (non-hydrogen) atoms. The maximum absolute atomic E-state index is 12.9. The third kappa shape index (κ3) is 4.16. The highest BCUT2D eigenvalue weighted by Crippen LogP contribution is 2.25. The number of rotatable bonds is 5. The Kier molecular flexibility index (Phi) is 5.30. The molecule has 6 nitrogen and oxygen atoms in total. The highest BCUT2D eigenvalue weighted by molar-refractivity contribution is 5.92. The van der Waals surface area contributed by atoms with Gasteiger partial charge in [-0.1, -0.05) is 30.3 Å². The average Bonchev–Trinajstić information content (AvgIpc) is 2.67. The van der Waals surface area contributed by atoms with Crippen molar-refractivity contribution in [1.82, 2.24) is 4.90 Å². The first-order chi connectivity index (χ1) is 12.1. The summed E-state index contributed by atoms with van der Waals surface area (Å²) in [5.74, 6) is -0.107. The summed E-state index contributed by atoms with van der Waals surface area (Å²) in [5, 5.41) is 0. The van der Waals surface area contributed by atoms with Crippen LogP contribution in [0.1, 0.15) is 22.0 Å². The van der Waals surface area contributed by atoms with Crippen molar-refractivity contribution in [2.24, 2.45) is 5.73 Å². The first-order valence-electron chi connectivity index (χ1n) is 8.13. The number of ether oxygens (including phenoxy) is 2. The van der Waals surface area contributed by atoms with Crippen LogP contribution >= 0.6 is 0 Å². The van der Waals surface area contributed by atoms with E-state index in [-0.39, 0.29) is 5.91 Å². The van der Waals surface area contributed by atoms with E-state index in [1.165, 1.54) is 0 Å². The number of hydrogen-bond donors (Lipinski definition) is 1. The molecule has 1 heterocycles. The molecule has 0 unspecified atom stereocenters. The van der Waals surface area contributed by atoms with Crippen LogP contribution in [0.4, 0.5) is 0 Å². The van der Waals surface area contributed by atoms with Crippen molar-refractivity contribution in [3.05, 3.63) is 65.7 Å². The first-order valence-corrected chi connectivity index (χ1v) is 8.13. The standard InChI is InChI=1S/C19H20N2O4/c20-18(22)15-6-8-16(9-7-15)25-17(14-4-2-1-3-5-14)19(23)21-10-12-24-13-11-21/h1-9,17H,10-13H2,(H2,20,22)/t17-/m1/s1. The van der Waals surface area contributed by atoms with Gasteiger partial charge in [0, 0.05) is 24.2 Å². The van der Waals surface area contributed by atoms with Crippen LogP contribution in [-0.2, 0) is 9.53 Å². The number of amides is 2. The highest BCUT2D eigenvalue weighted by Gasteiger charge is 2.29. The van der Waals surface area contributed by atoms with Gasteiger partial charge in [-0.05, 0) is 24.3 Å². The summed E-state index contributed by atoms with van der Waals surface area (Å²) in [5.41, 5.74) is 6.42. The average molecular weight is 340 g/mol. The van der Waals surface area contributed by atoms with Crippen LogP contribution in [0.5, 0.6) is 5.75 Å². The van der Waals surface area contributed by atoms with Crippen molar-refractivity contribution >= 4 is 11.8 Å².